The molecule has 1 saturated carbocycles. The average molecular weight is 395 g/mol. The predicted molar refractivity (Wildman–Crippen MR) is 110 cm³/mol. The lowest BCUT2D eigenvalue weighted by atomic mass is 10.0. The van der Waals surface area contributed by atoms with Crippen LogP contribution in [0.4, 0.5) is 4.39 Å². The number of hydrogen-bond donors (Lipinski definition) is 3. The van der Waals surface area contributed by atoms with Crippen molar-refractivity contribution in [2.24, 2.45) is 5.92 Å². The SMILES string of the molecule is O=C(NCC1CCCCCC1)c1cc2nc(Cc3cccc(O)c3)[nH]c2cc1F. The number of H-pyrrole nitrogens is 1. The van der Waals surface area contributed by atoms with E-state index in [4.69, 9.17) is 0 Å². The molecule has 4 rings (SSSR count). The fraction of sp³-hybridized carbons (Fsp3) is 0.391. The van der Waals surface area contributed by atoms with Gasteiger partial charge in [-0.25, -0.2) is 9.37 Å². The Balaban J connectivity index is 1.48. The Kier molecular flexibility index (Phi) is 5.79. The molecule has 0 radical (unpaired) electrons. The second-order valence-corrected chi connectivity index (χ2v) is 7.95. The highest BCUT2D eigenvalue weighted by atomic mass is 19.1. The van der Waals surface area contributed by atoms with Crippen LogP contribution in [0.1, 0.15) is 60.3 Å². The van der Waals surface area contributed by atoms with Crippen LogP contribution in [0.3, 0.4) is 0 Å². The fourth-order valence-electron chi connectivity index (χ4n) is 4.10. The molecule has 0 unspecified atom stereocenters. The number of carbonyl (C=O) groups excluding carboxylic acids is 1. The molecular formula is C23H26FN3O2. The molecule has 1 amide bonds. The Labute approximate surface area is 169 Å². The summed E-state index contributed by atoms with van der Waals surface area (Å²) in [6.07, 6.45) is 7.67. The van der Waals surface area contributed by atoms with E-state index in [0.29, 0.717) is 35.7 Å². The Morgan fingerprint density at radius 1 is 1.17 bits per heavy atom. The highest BCUT2D eigenvalue weighted by Crippen LogP contribution is 2.23. The van der Waals surface area contributed by atoms with E-state index in [1.807, 2.05) is 6.07 Å². The number of fused-ring (bicyclic) bond motifs is 1. The number of halogens is 1. The Bertz CT molecular complexity index is 1010. The largest absolute Gasteiger partial charge is 0.508 e. The minimum Gasteiger partial charge on any atom is -0.508 e. The van der Waals surface area contributed by atoms with Crippen molar-refractivity contribution < 1.29 is 14.3 Å². The van der Waals surface area contributed by atoms with Crippen LogP contribution in [0.15, 0.2) is 36.4 Å². The van der Waals surface area contributed by atoms with Crippen LogP contribution < -0.4 is 5.32 Å². The van der Waals surface area contributed by atoms with Crippen LogP contribution in [0.2, 0.25) is 0 Å². The van der Waals surface area contributed by atoms with Crippen molar-refractivity contribution in [1.29, 1.82) is 0 Å². The molecule has 1 fully saturated rings. The molecule has 0 atom stereocenters. The summed E-state index contributed by atoms with van der Waals surface area (Å²) in [4.78, 5) is 20.2. The minimum absolute atomic E-state index is 0.0292. The summed E-state index contributed by atoms with van der Waals surface area (Å²) in [5.41, 5.74) is 2.03. The molecule has 3 N–H and O–H groups in total. The predicted octanol–water partition coefficient (Wildman–Crippen LogP) is 4.70. The van der Waals surface area contributed by atoms with Gasteiger partial charge >= 0.3 is 0 Å². The van der Waals surface area contributed by atoms with Crippen LogP contribution in [0, 0.1) is 11.7 Å². The highest BCUT2D eigenvalue weighted by molar-refractivity contribution is 5.97. The Morgan fingerprint density at radius 2 is 1.97 bits per heavy atom. The molecule has 1 aliphatic rings. The first kappa shape index (κ1) is 19.4. The molecule has 1 aliphatic carbocycles. The monoisotopic (exact) mass is 395 g/mol. The van der Waals surface area contributed by atoms with Crippen molar-refractivity contribution in [2.45, 2.75) is 44.9 Å². The van der Waals surface area contributed by atoms with Gasteiger partial charge in [0.25, 0.3) is 5.91 Å². The molecule has 29 heavy (non-hydrogen) atoms. The van der Waals surface area contributed by atoms with Crippen LogP contribution >= 0.6 is 0 Å². The van der Waals surface area contributed by atoms with Gasteiger partial charge < -0.3 is 15.4 Å². The minimum atomic E-state index is -0.552. The van der Waals surface area contributed by atoms with Crippen LogP contribution in [-0.2, 0) is 6.42 Å². The number of rotatable bonds is 5. The third-order valence-electron chi connectivity index (χ3n) is 5.67. The van der Waals surface area contributed by atoms with Gasteiger partial charge in [-0.3, -0.25) is 4.79 Å². The maximum absolute atomic E-state index is 14.5. The van der Waals surface area contributed by atoms with Crippen LogP contribution in [0.25, 0.3) is 11.0 Å². The third-order valence-corrected chi connectivity index (χ3v) is 5.67. The Morgan fingerprint density at radius 3 is 2.72 bits per heavy atom. The molecule has 0 spiro atoms. The molecular weight excluding hydrogens is 369 g/mol. The van der Waals surface area contributed by atoms with Gasteiger partial charge in [-0.1, -0.05) is 37.8 Å². The lowest BCUT2D eigenvalue weighted by Gasteiger charge is -2.15. The van der Waals surface area contributed by atoms with Gasteiger partial charge in [0.2, 0.25) is 0 Å². The van der Waals surface area contributed by atoms with Crippen molar-refractivity contribution in [3.63, 3.8) is 0 Å². The summed E-state index contributed by atoms with van der Waals surface area (Å²) in [7, 11) is 0. The van der Waals surface area contributed by atoms with Gasteiger partial charge in [0.05, 0.1) is 16.6 Å². The topological polar surface area (TPSA) is 78.0 Å². The number of nitrogens with zero attached hydrogens (tertiary/aromatic N) is 1. The number of benzene rings is 2. The molecule has 0 aliphatic heterocycles. The molecule has 6 heteroatoms. The lowest BCUT2D eigenvalue weighted by Crippen LogP contribution is -2.29. The number of aromatic amines is 1. The summed E-state index contributed by atoms with van der Waals surface area (Å²) in [6, 6.07) is 9.77. The fourth-order valence-corrected chi connectivity index (χ4v) is 4.10. The van der Waals surface area contributed by atoms with Gasteiger partial charge in [0.15, 0.2) is 0 Å². The zero-order valence-electron chi connectivity index (χ0n) is 16.4. The van der Waals surface area contributed by atoms with E-state index in [1.54, 1.807) is 18.2 Å². The van der Waals surface area contributed by atoms with E-state index in [0.717, 1.165) is 18.4 Å². The van der Waals surface area contributed by atoms with Gasteiger partial charge in [-0.2, -0.15) is 0 Å². The molecule has 1 aromatic heterocycles. The number of amides is 1. The first-order valence-corrected chi connectivity index (χ1v) is 10.3. The van der Waals surface area contributed by atoms with Crippen molar-refractivity contribution in [1.82, 2.24) is 15.3 Å². The average Bonchev–Trinajstić information content (AvgIpc) is 2.89. The standard InChI is InChI=1S/C23H26FN3O2/c24-19-13-21-20(26-22(27-21)11-16-8-5-9-17(28)10-16)12-18(19)23(29)25-14-15-6-3-1-2-4-7-15/h5,8-10,12-13,15,28H,1-4,6-7,11,14H2,(H,25,29)(H,26,27). The van der Waals surface area contributed by atoms with Crippen LogP contribution in [-0.4, -0.2) is 27.5 Å². The van der Waals surface area contributed by atoms with Gasteiger partial charge in [-0.05, 0) is 42.5 Å². The summed E-state index contributed by atoms with van der Waals surface area (Å²) >= 11 is 0. The molecule has 2 aromatic carbocycles. The van der Waals surface area contributed by atoms with Crippen molar-refractivity contribution in [3.05, 3.63) is 59.2 Å². The van der Waals surface area contributed by atoms with Gasteiger partial charge in [-0.15, -0.1) is 0 Å². The van der Waals surface area contributed by atoms with Crippen molar-refractivity contribution in [3.8, 4) is 5.75 Å². The second-order valence-electron chi connectivity index (χ2n) is 7.95. The molecule has 0 bridgehead atoms. The summed E-state index contributed by atoms with van der Waals surface area (Å²) in [6.45, 7) is 0.597. The zero-order valence-corrected chi connectivity index (χ0v) is 16.4. The quantitative estimate of drug-likeness (QED) is 0.548. The molecule has 152 valence electrons. The van der Waals surface area contributed by atoms with E-state index >= 15 is 0 Å². The number of imidazole rings is 1. The highest BCUT2D eigenvalue weighted by Gasteiger charge is 2.18. The summed E-state index contributed by atoms with van der Waals surface area (Å²) in [5.74, 6) is 0.389. The Hall–Kier alpha value is -2.89. The zero-order chi connectivity index (χ0) is 20.2. The lowest BCUT2D eigenvalue weighted by molar-refractivity contribution is 0.0942. The van der Waals surface area contributed by atoms with Crippen molar-refractivity contribution in [2.75, 3.05) is 6.54 Å². The van der Waals surface area contributed by atoms with E-state index in [-0.39, 0.29) is 17.2 Å². The maximum atomic E-state index is 14.5. The number of aromatic hydroxyl groups is 1. The first-order chi connectivity index (χ1) is 14.1. The summed E-state index contributed by atoms with van der Waals surface area (Å²) < 4.78 is 14.5. The second kappa shape index (κ2) is 8.64. The number of phenols is 1. The third kappa shape index (κ3) is 4.75. The van der Waals surface area contributed by atoms with Crippen molar-refractivity contribution >= 4 is 16.9 Å². The first-order valence-electron chi connectivity index (χ1n) is 10.3. The number of hydrogen-bond acceptors (Lipinski definition) is 3. The molecule has 0 saturated heterocycles. The molecule has 3 aromatic rings. The molecule has 1 heterocycles. The van der Waals surface area contributed by atoms with E-state index in [1.165, 1.54) is 37.8 Å². The van der Waals surface area contributed by atoms with E-state index in [9.17, 15) is 14.3 Å². The van der Waals surface area contributed by atoms with E-state index in [2.05, 4.69) is 15.3 Å². The summed E-state index contributed by atoms with van der Waals surface area (Å²) in [5, 5.41) is 12.5. The van der Waals surface area contributed by atoms with E-state index < -0.39 is 5.82 Å². The van der Waals surface area contributed by atoms with Gasteiger partial charge in [0, 0.05) is 19.0 Å². The van der Waals surface area contributed by atoms with Crippen LogP contribution in [0.5, 0.6) is 5.75 Å². The smallest absolute Gasteiger partial charge is 0.254 e. The van der Waals surface area contributed by atoms with Gasteiger partial charge in [0.1, 0.15) is 17.4 Å². The molecule has 5 nitrogen and oxygen atoms in total. The number of nitrogens with one attached hydrogen (secondary N) is 2. The number of carbonyl (C=O) groups is 1. The maximum Gasteiger partial charge on any atom is 0.254 e. The number of phenolic OH excluding ortho intramolecular Hbond substituents is 1. The number of aromatic nitrogens is 2. The normalized spacial score (nSPS) is 15.3.